The molecule has 0 spiro atoms. The van der Waals surface area contributed by atoms with Gasteiger partial charge in [0, 0.05) is 19.0 Å². The molecule has 9 nitrogen and oxygen atoms in total. The zero-order valence-electron chi connectivity index (χ0n) is 15.7. The standard InChI is InChI=1S/C19H22N4O5/c1-3-8-23-16(20)15(17(24)21-19(23)26)22(9-10-27-2)18(25)14-11-12-6-4-5-7-13(12)28-14/h4-7,11H,3,8-10,20H2,1-2H3,(H,21,24,26). The number of H-pyrrole nitrogens is 1. The average molecular weight is 386 g/mol. The average Bonchev–Trinajstić information content (AvgIpc) is 3.11. The maximum atomic E-state index is 13.2. The number of furan rings is 1. The van der Waals surface area contributed by atoms with E-state index in [0.717, 1.165) is 5.39 Å². The zero-order chi connectivity index (χ0) is 20.3. The lowest BCUT2D eigenvalue weighted by atomic mass is 10.2. The molecule has 0 aliphatic heterocycles. The number of hydrogen-bond acceptors (Lipinski definition) is 6. The van der Waals surface area contributed by atoms with Crippen LogP contribution < -0.4 is 21.9 Å². The lowest BCUT2D eigenvalue weighted by Crippen LogP contribution is -2.42. The molecular formula is C19H22N4O5. The summed E-state index contributed by atoms with van der Waals surface area (Å²) in [6.07, 6.45) is 0.630. The first kappa shape index (κ1) is 19.4. The van der Waals surface area contributed by atoms with Gasteiger partial charge < -0.3 is 14.9 Å². The molecule has 0 bridgehead atoms. The van der Waals surface area contributed by atoms with Crippen molar-refractivity contribution >= 4 is 28.4 Å². The molecule has 0 fully saturated rings. The Balaban J connectivity index is 2.12. The lowest BCUT2D eigenvalue weighted by Gasteiger charge is -2.23. The van der Waals surface area contributed by atoms with Crippen LogP contribution in [0.15, 0.2) is 44.3 Å². The van der Waals surface area contributed by atoms with Crippen LogP contribution in [0, 0.1) is 0 Å². The van der Waals surface area contributed by atoms with E-state index in [1.54, 1.807) is 18.2 Å². The Morgan fingerprint density at radius 1 is 1.32 bits per heavy atom. The Kier molecular flexibility index (Phi) is 5.65. The molecule has 0 aliphatic carbocycles. The molecule has 1 aromatic carbocycles. The van der Waals surface area contributed by atoms with Crippen molar-refractivity contribution in [2.75, 3.05) is 30.9 Å². The predicted molar refractivity (Wildman–Crippen MR) is 106 cm³/mol. The van der Waals surface area contributed by atoms with E-state index in [4.69, 9.17) is 14.9 Å². The van der Waals surface area contributed by atoms with E-state index in [2.05, 4.69) is 4.98 Å². The third-order valence-electron chi connectivity index (χ3n) is 4.33. The molecule has 2 aromatic heterocycles. The highest BCUT2D eigenvalue weighted by Crippen LogP contribution is 2.24. The summed E-state index contributed by atoms with van der Waals surface area (Å²) in [6, 6.07) is 8.79. The summed E-state index contributed by atoms with van der Waals surface area (Å²) < 4.78 is 12.0. The van der Waals surface area contributed by atoms with Gasteiger partial charge in [-0.25, -0.2) is 4.79 Å². The quantitative estimate of drug-likeness (QED) is 0.635. The van der Waals surface area contributed by atoms with Crippen LogP contribution in [0.4, 0.5) is 11.5 Å². The van der Waals surface area contributed by atoms with Crippen molar-refractivity contribution in [2.45, 2.75) is 19.9 Å². The second-order valence-corrected chi connectivity index (χ2v) is 6.24. The Bertz CT molecular complexity index is 1080. The van der Waals surface area contributed by atoms with Crippen LogP contribution in [0.3, 0.4) is 0 Å². The summed E-state index contributed by atoms with van der Waals surface area (Å²) in [4.78, 5) is 41.2. The summed E-state index contributed by atoms with van der Waals surface area (Å²) in [5, 5.41) is 0.760. The molecular weight excluding hydrogens is 364 g/mol. The van der Waals surface area contributed by atoms with E-state index in [-0.39, 0.29) is 30.4 Å². The van der Waals surface area contributed by atoms with E-state index < -0.39 is 17.2 Å². The van der Waals surface area contributed by atoms with Gasteiger partial charge in [-0.3, -0.25) is 24.0 Å². The van der Waals surface area contributed by atoms with Gasteiger partial charge in [-0.2, -0.15) is 0 Å². The number of rotatable bonds is 7. The number of ether oxygens (including phenoxy) is 1. The minimum Gasteiger partial charge on any atom is -0.451 e. The van der Waals surface area contributed by atoms with Crippen LogP contribution in [0.2, 0.25) is 0 Å². The zero-order valence-corrected chi connectivity index (χ0v) is 15.7. The Morgan fingerprint density at radius 3 is 2.75 bits per heavy atom. The van der Waals surface area contributed by atoms with Gasteiger partial charge in [-0.1, -0.05) is 25.1 Å². The number of hydrogen-bond donors (Lipinski definition) is 2. The minimum atomic E-state index is -0.740. The molecule has 0 saturated heterocycles. The first-order chi connectivity index (χ1) is 13.5. The van der Waals surface area contributed by atoms with Crippen LogP contribution in [-0.2, 0) is 11.3 Å². The van der Waals surface area contributed by atoms with E-state index in [9.17, 15) is 14.4 Å². The van der Waals surface area contributed by atoms with Crippen LogP contribution in [0.5, 0.6) is 0 Å². The summed E-state index contributed by atoms with van der Waals surface area (Å²) in [5.74, 6) is -0.562. The first-order valence-corrected chi connectivity index (χ1v) is 8.89. The maximum Gasteiger partial charge on any atom is 0.330 e. The fourth-order valence-electron chi connectivity index (χ4n) is 3.00. The highest BCUT2D eigenvalue weighted by molar-refractivity contribution is 6.07. The molecule has 0 radical (unpaired) electrons. The number of benzene rings is 1. The molecule has 3 N–H and O–H groups in total. The Hall–Kier alpha value is -3.33. The monoisotopic (exact) mass is 386 g/mol. The molecule has 28 heavy (non-hydrogen) atoms. The molecule has 3 aromatic rings. The number of nitrogens with one attached hydrogen (secondary N) is 1. The van der Waals surface area contributed by atoms with Crippen molar-refractivity contribution in [3.63, 3.8) is 0 Å². The second kappa shape index (κ2) is 8.13. The molecule has 1 amide bonds. The number of anilines is 2. The normalized spacial score (nSPS) is 11.1. The van der Waals surface area contributed by atoms with Gasteiger partial charge in [0.25, 0.3) is 11.5 Å². The summed E-state index contributed by atoms with van der Waals surface area (Å²) in [5.41, 5.74) is 5.21. The summed E-state index contributed by atoms with van der Waals surface area (Å²) in [6.45, 7) is 2.41. The highest BCUT2D eigenvalue weighted by atomic mass is 16.5. The van der Waals surface area contributed by atoms with Gasteiger partial charge in [-0.15, -0.1) is 0 Å². The second-order valence-electron chi connectivity index (χ2n) is 6.24. The van der Waals surface area contributed by atoms with E-state index in [1.807, 2.05) is 19.1 Å². The van der Waals surface area contributed by atoms with Crippen molar-refractivity contribution in [1.29, 1.82) is 0 Å². The number of para-hydroxylation sites is 1. The van der Waals surface area contributed by atoms with Crippen LogP contribution in [-0.4, -0.2) is 35.7 Å². The van der Waals surface area contributed by atoms with Crippen LogP contribution in [0.25, 0.3) is 11.0 Å². The molecule has 0 aliphatic rings. The number of carbonyl (C=O) groups excluding carboxylic acids is 1. The fourth-order valence-corrected chi connectivity index (χ4v) is 3.00. The van der Waals surface area contributed by atoms with E-state index in [1.165, 1.54) is 16.6 Å². The number of amides is 1. The predicted octanol–water partition coefficient (Wildman–Crippen LogP) is 1.57. The van der Waals surface area contributed by atoms with Crippen molar-refractivity contribution in [3.05, 3.63) is 56.9 Å². The van der Waals surface area contributed by atoms with Gasteiger partial charge in [0.1, 0.15) is 11.4 Å². The number of methoxy groups -OCH3 is 1. The number of nitrogen functional groups attached to an aromatic ring is 1. The molecule has 0 unspecified atom stereocenters. The van der Waals surface area contributed by atoms with Crippen LogP contribution >= 0.6 is 0 Å². The molecule has 2 heterocycles. The minimum absolute atomic E-state index is 0.0595. The number of nitrogens with two attached hydrogens (primary N) is 1. The third kappa shape index (κ3) is 3.56. The molecule has 0 atom stereocenters. The summed E-state index contributed by atoms with van der Waals surface area (Å²) in [7, 11) is 1.48. The Morgan fingerprint density at radius 2 is 2.07 bits per heavy atom. The summed E-state index contributed by atoms with van der Waals surface area (Å²) >= 11 is 0. The number of aromatic amines is 1. The third-order valence-corrected chi connectivity index (χ3v) is 4.33. The van der Waals surface area contributed by atoms with Crippen LogP contribution in [0.1, 0.15) is 23.9 Å². The lowest BCUT2D eigenvalue weighted by molar-refractivity contribution is 0.0951. The highest BCUT2D eigenvalue weighted by Gasteiger charge is 2.27. The molecule has 0 saturated carbocycles. The van der Waals surface area contributed by atoms with Crippen molar-refractivity contribution < 1.29 is 13.9 Å². The molecule has 148 valence electrons. The number of aromatic nitrogens is 2. The Labute approximate surface area is 160 Å². The first-order valence-electron chi connectivity index (χ1n) is 8.89. The van der Waals surface area contributed by atoms with Crippen molar-refractivity contribution in [1.82, 2.24) is 9.55 Å². The largest absolute Gasteiger partial charge is 0.451 e. The van der Waals surface area contributed by atoms with Gasteiger partial charge >= 0.3 is 5.69 Å². The molecule has 9 heteroatoms. The van der Waals surface area contributed by atoms with E-state index in [0.29, 0.717) is 18.5 Å². The number of carbonyl (C=O) groups is 1. The van der Waals surface area contributed by atoms with Gasteiger partial charge in [-0.05, 0) is 18.6 Å². The van der Waals surface area contributed by atoms with Crippen molar-refractivity contribution in [3.8, 4) is 0 Å². The molecule has 3 rings (SSSR count). The topological polar surface area (TPSA) is 124 Å². The number of nitrogens with zero attached hydrogens (tertiary/aromatic N) is 2. The fraction of sp³-hybridized carbons (Fsp3) is 0.316. The maximum absolute atomic E-state index is 13.2. The number of fused-ring (bicyclic) bond motifs is 1. The van der Waals surface area contributed by atoms with Crippen molar-refractivity contribution in [2.24, 2.45) is 0 Å². The van der Waals surface area contributed by atoms with E-state index >= 15 is 0 Å². The van der Waals surface area contributed by atoms with Gasteiger partial charge in [0.15, 0.2) is 11.4 Å². The van der Waals surface area contributed by atoms with Gasteiger partial charge in [0.2, 0.25) is 0 Å². The smallest absolute Gasteiger partial charge is 0.330 e. The van der Waals surface area contributed by atoms with Gasteiger partial charge in [0.05, 0.1) is 13.2 Å². The SMILES string of the molecule is CCCn1c(N)c(N(CCOC)C(=O)c2cc3ccccc3o2)c(=O)[nH]c1=O.